The molecule has 2 saturated heterocycles. The Kier molecular flexibility index (Phi) is 7.31. The average Bonchev–Trinajstić information content (AvgIpc) is 2.77. The molecule has 154 valence electrons. The Morgan fingerprint density at radius 1 is 1.00 bits per heavy atom. The molecule has 0 atom stereocenters. The van der Waals surface area contributed by atoms with Crippen LogP contribution in [0.3, 0.4) is 0 Å². The fourth-order valence-corrected chi connectivity index (χ4v) is 4.11. The number of hydrogen-bond acceptors (Lipinski definition) is 4. The number of morpholine rings is 1. The second-order valence-electron chi connectivity index (χ2n) is 7.63. The van der Waals surface area contributed by atoms with Gasteiger partial charge in [-0.3, -0.25) is 9.59 Å². The van der Waals surface area contributed by atoms with E-state index in [4.69, 9.17) is 4.74 Å². The summed E-state index contributed by atoms with van der Waals surface area (Å²) in [7, 11) is 0. The van der Waals surface area contributed by atoms with Crippen LogP contribution >= 0.6 is 0 Å². The third-order valence-corrected chi connectivity index (χ3v) is 5.81. The Labute approximate surface area is 168 Å². The maximum atomic E-state index is 12.9. The summed E-state index contributed by atoms with van der Waals surface area (Å²) in [6.07, 6.45) is 2.60. The van der Waals surface area contributed by atoms with Gasteiger partial charge in [-0.2, -0.15) is 0 Å². The lowest BCUT2D eigenvalue weighted by molar-refractivity contribution is -0.141. The van der Waals surface area contributed by atoms with E-state index in [9.17, 15) is 9.59 Å². The smallest absolute Gasteiger partial charge is 0.253 e. The second-order valence-corrected chi connectivity index (χ2v) is 7.63. The molecule has 0 saturated carbocycles. The van der Waals surface area contributed by atoms with Gasteiger partial charge in [0, 0.05) is 56.4 Å². The molecule has 0 unspecified atom stereocenters. The Bertz CT molecular complexity index is 647. The summed E-state index contributed by atoms with van der Waals surface area (Å²) in [6.45, 7) is 10.3. The SMILES string of the molecule is CCCN(CC)c1ccc(C(=O)N2CCC(C(=O)N3CCOCC3)CC2)cc1. The van der Waals surface area contributed by atoms with Crippen LogP contribution in [0.25, 0.3) is 0 Å². The molecule has 6 heteroatoms. The van der Waals surface area contributed by atoms with E-state index in [0.717, 1.165) is 43.6 Å². The number of likely N-dealkylation sites (tertiary alicyclic amines) is 1. The van der Waals surface area contributed by atoms with Crippen LogP contribution in [0.5, 0.6) is 0 Å². The lowest BCUT2D eigenvalue weighted by Crippen LogP contribution is -2.47. The molecule has 0 N–H and O–H groups in total. The molecule has 1 aromatic carbocycles. The van der Waals surface area contributed by atoms with Crippen LogP contribution < -0.4 is 4.90 Å². The maximum absolute atomic E-state index is 12.9. The van der Waals surface area contributed by atoms with Gasteiger partial charge in [0.15, 0.2) is 0 Å². The van der Waals surface area contributed by atoms with Gasteiger partial charge in [-0.05, 0) is 50.5 Å². The first-order chi connectivity index (χ1) is 13.6. The molecule has 28 heavy (non-hydrogen) atoms. The lowest BCUT2D eigenvalue weighted by atomic mass is 9.94. The fraction of sp³-hybridized carbons (Fsp3) is 0.636. The van der Waals surface area contributed by atoms with Crippen molar-refractivity contribution in [2.24, 2.45) is 5.92 Å². The molecule has 1 aromatic rings. The molecule has 2 fully saturated rings. The summed E-state index contributed by atoms with van der Waals surface area (Å²) in [4.78, 5) is 31.6. The molecule has 6 nitrogen and oxygen atoms in total. The standard InChI is InChI=1S/C22H33N3O3/c1-3-11-23(4-2)20-7-5-18(6-8-20)21(26)24-12-9-19(10-13-24)22(27)25-14-16-28-17-15-25/h5-8,19H,3-4,9-17H2,1-2H3. The van der Waals surface area contributed by atoms with E-state index in [1.807, 2.05) is 34.1 Å². The zero-order valence-electron chi connectivity index (χ0n) is 17.2. The van der Waals surface area contributed by atoms with Crippen molar-refractivity contribution in [1.29, 1.82) is 0 Å². The second kappa shape index (κ2) is 9.92. The minimum atomic E-state index is 0.0386. The van der Waals surface area contributed by atoms with Crippen molar-refractivity contribution in [1.82, 2.24) is 9.80 Å². The van der Waals surface area contributed by atoms with Crippen LogP contribution in [-0.4, -0.2) is 74.1 Å². The Morgan fingerprint density at radius 2 is 1.64 bits per heavy atom. The minimum Gasteiger partial charge on any atom is -0.378 e. The number of carbonyl (C=O) groups is 2. The summed E-state index contributed by atoms with van der Waals surface area (Å²) < 4.78 is 5.33. The van der Waals surface area contributed by atoms with E-state index >= 15 is 0 Å². The molecule has 0 aliphatic carbocycles. The predicted octanol–water partition coefficient (Wildman–Crippen LogP) is 2.63. The summed E-state index contributed by atoms with van der Waals surface area (Å²) in [6, 6.07) is 7.95. The zero-order valence-corrected chi connectivity index (χ0v) is 17.2. The largest absolute Gasteiger partial charge is 0.378 e. The van der Waals surface area contributed by atoms with E-state index in [2.05, 4.69) is 18.7 Å². The molecule has 0 radical (unpaired) electrons. The van der Waals surface area contributed by atoms with Gasteiger partial charge in [0.05, 0.1) is 13.2 Å². The van der Waals surface area contributed by atoms with Crippen molar-refractivity contribution in [3.63, 3.8) is 0 Å². The topological polar surface area (TPSA) is 53.1 Å². The van der Waals surface area contributed by atoms with Crippen LogP contribution in [0.1, 0.15) is 43.5 Å². The third-order valence-electron chi connectivity index (χ3n) is 5.81. The quantitative estimate of drug-likeness (QED) is 0.753. The normalized spacial score (nSPS) is 18.2. The number of ether oxygens (including phenoxy) is 1. The molecular formula is C22H33N3O3. The Hall–Kier alpha value is -2.08. The van der Waals surface area contributed by atoms with Gasteiger partial charge in [0.25, 0.3) is 5.91 Å². The first kappa shape index (κ1) is 20.6. The predicted molar refractivity (Wildman–Crippen MR) is 111 cm³/mol. The first-order valence-electron chi connectivity index (χ1n) is 10.6. The van der Waals surface area contributed by atoms with Crippen molar-refractivity contribution in [2.75, 3.05) is 57.4 Å². The highest BCUT2D eigenvalue weighted by atomic mass is 16.5. The summed E-state index contributed by atoms with van der Waals surface area (Å²) in [5.74, 6) is 0.342. The van der Waals surface area contributed by atoms with Gasteiger partial charge in [0.1, 0.15) is 0 Å². The maximum Gasteiger partial charge on any atom is 0.253 e. The summed E-state index contributed by atoms with van der Waals surface area (Å²) in [5.41, 5.74) is 1.89. The zero-order chi connectivity index (χ0) is 19.9. The molecule has 2 amide bonds. The highest BCUT2D eigenvalue weighted by molar-refractivity contribution is 5.94. The Balaban J connectivity index is 1.54. The van der Waals surface area contributed by atoms with Gasteiger partial charge >= 0.3 is 0 Å². The van der Waals surface area contributed by atoms with Gasteiger partial charge in [-0.15, -0.1) is 0 Å². The van der Waals surface area contributed by atoms with E-state index < -0.39 is 0 Å². The van der Waals surface area contributed by atoms with E-state index in [1.165, 1.54) is 0 Å². The number of carbonyl (C=O) groups excluding carboxylic acids is 2. The number of benzene rings is 1. The third kappa shape index (κ3) is 4.85. The van der Waals surface area contributed by atoms with Gasteiger partial charge < -0.3 is 19.4 Å². The minimum absolute atomic E-state index is 0.0386. The van der Waals surface area contributed by atoms with Crippen LogP contribution in [0.4, 0.5) is 5.69 Å². The average molecular weight is 388 g/mol. The lowest BCUT2D eigenvalue weighted by Gasteiger charge is -2.35. The number of hydrogen-bond donors (Lipinski definition) is 0. The molecule has 2 heterocycles. The number of rotatable bonds is 6. The van der Waals surface area contributed by atoms with Crippen molar-refractivity contribution in [3.8, 4) is 0 Å². The van der Waals surface area contributed by atoms with Crippen LogP contribution in [0, 0.1) is 5.92 Å². The Morgan fingerprint density at radius 3 is 2.21 bits per heavy atom. The van der Waals surface area contributed by atoms with Crippen molar-refractivity contribution in [2.45, 2.75) is 33.1 Å². The van der Waals surface area contributed by atoms with Crippen LogP contribution in [0.2, 0.25) is 0 Å². The molecule has 2 aliphatic heterocycles. The molecule has 0 spiro atoms. The van der Waals surface area contributed by atoms with Gasteiger partial charge in [-0.1, -0.05) is 6.92 Å². The fourth-order valence-electron chi connectivity index (χ4n) is 4.11. The molecule has 0 aromatic heterocycles. The van der Waals surface area contributed by atoms with Crippen molar-refractivity contribution < 1.29 is 14.3 Å². The number of nitrogens with zero attached hydrogens (tertiary/aromatic N) is 3. The summed E-state index contributed by atoms with van der Waals surface area (Å²) >= 11 is 0. The number of anilines is 1. The number of piperidine rings is 1. The van der Waals surface area contributed by atoms with Crippen molar-refractivity contribution >= 4 is 17.5 Å². The number of amides is 2. The molecule has 2 aliphatic rings. The van der Waals surface area contributed by atoms with Gasteiger partial charge in [0.2, 0.25) is 5.91 Å². The monoisotopic (exact) mass is 387 g/mol. The van der Waals surface area contributed by atoms with E-state index in [1.54, 1.807) is 0 Å². The van der Waals surface area contributed by atoms with E-state index in [0.29, 0.717) is 39.4 Å². The summed E-state index contributed by atoms with van der Waals surface area (Å²) in [5, 5.41) is 0. The van der Waals surface area contributed by atoms with Crippen LogP contribution in [0.15, 0.2) is 24.3 Å². The molecule has 0 bridgehead atoms. The van der Waals surface area contributed by atoms with Crippen molar-refractivity contribution in [3.05, 3.63) is 29.8 Å². The van der Waals surface area contributed by atoms with Gasteiger partial charge in [-0.25, -0.2) is 0 Å². The van der Waals surface area contributed by atoms with Crippen LogP contribution in [-0.2, 0) is 9.53 Å². The molecular weight excluding hydrogens is 354 g/mol. The highest BCUT2D eigenvalue weighted by Gasteiger charge is 2.31. The highest BCUT2D eigenvalue weighted by Crippen LogP contribution is 2.23. The van der Waals surface area contributed by atoms with E-state index in [-0.39, 0.29) is 17.7 Å². The first-order valence-corrected chi connectivity index (χ1v) is 10.6. The molecule has 3 rings (SSSR count).